The third-order valence-corrected chi connectivity index (χ3v) is 3.64. The summed E-state index contributed by atoms with van der Waals surface area (Å²) in [7, 11) is 0. The first-order valence-electron chi connectivity index (χ1n) is 8.96. The Kier molecular flexibility index (Phi) is 22.7. The summed E-state index contributed by atoms with van der Waals surface area (Å²) in [6.07, 6.45) is 0. The number of rotatable bonds is 14. The molecule has 0 saturated carbocycles. The predicted molar refractivity (Wildman–Crippen MR) is 99.4 cm³/mol. The Labute approximate surface area is 139 Å². The van der Waals surface area contributed by atoms with Crippen LogP contribution in [0.25, 0.3) is 0 Å². The Bertz CT molecular complexity index is 163. The number of nitrogens with zero attached hydrogens (tertiary/aromatic N) is 2. The van der Waals surface area contributed by atoms with E-state index in [0.29, 0.717) is 13.1 Å². The highest BCUT2D eigenvalue weighted by Gasteiger charge is 2.02. The summed E-state index contributed by atoms with van der Waals surface area (Å²) in [4.78, 5) is 4.94. The zero-order valence-electron chi connectivity index (χ0n) is 15.5. The van der Waals surface area contributed by atoms with E-state index in [1.54, 1.807) is 0 Å². The van der Waals surface area contributed by atoms with Gasteiger partial charge in [-0.3, -0.25) is 0 Å². The fourth-order valence-electron chi connectivity index (χ4n) is 1.99. The molecule has 6 nitrogen and oxygen atoms in total. The van der Waals surface area contributed by atoms with Gasteiger partial charge in [-0.15, -0.1) is 0 Å². The van der Waals surface area contributed by atoms with Crippen molar-refractivity contribution >= 4 is 0 Å². The molecule has 0 aliphatic rings. The molecule has 0 aliphatic heterocycles. The van der Waals surface area contributed by atoms with Gasteiger partial charge < -0.3 is 31.9 Å². The third-order valence-electron chi connectivity index (χ3n) is 3.64. The average Bonchev–Trinajstić information content (AvgIpc) is 2.56. The highest BCUT2D eigenvalue weighted by atomic mass is 15.2. The molecular formula is C16H42N6. The Morgan fingerprint density at radius 3 is 1.14 bits per heavy atom. The van der Waals surface area contributed by atoms with Crippen molar-refractivity contribution in [3.63, 3.8) is 0 Å². The van der Waals surface area contributed by atoms with E-state index in [2.05, 4.69) is 48.1 Å². The molecule has 6 heteroatoms. The van der Waals surface area contributed by atoms with E-state index in [1.165, 1.54) is 39.3 Å². The molecule has 22 heavy (non-hydrogen) atoms. The van der Waals surface area contributed by atoms with Crippen molar-refractivity contribution in [2.24, 2.45) is 11.5 Å². The van der Waals surface area contributed by atoms with Crippen molar-refractivity contribution in [3.8, 4) is 0 Å². The molecule has 0 aromatic rings. The lowest BCUT2D eigenvalue weighted by Crippen LogP contribution is -2.34. The van der Waals surface area contributed by atoms with Crippen LogP contribution < -0.4 is 22.1 Å². The van der Waals surface area contributed by atoms with Crippen molar-refractivity contribution in [2.75, 3.05) is 78.5 Å². The summed E-state index contributed by atoms with van der Waals surface area (Å²) in [5.41, 5.74) is 10.5. The first-order valence-corrected chi connectivity index (χ1v) is 8.96. The topological polar surface area (TPSA) is 82.6 Å². The molecule has 6 N–H and O–H groups in total. The predicted octanol–water partition coefficient (Wildman–Crippen LogP) is -0.247. The Balaban J connectivity index is 0. The highest BCUT2D eigenvalue weighted by Crippen LogP contribution is 1.90. The Hall–Kier alpha value is -0.240. The van der Waals surface area contributed by atoms with Crippen LogP contribution in [0.5, 0.6) is 0 Å². The van der Waals surface area contributed by atoms with Crippen LogP contribution in [0.2, 0.25) is 0 Å². The van der Waals surface area contributed by atoms with Gasteiger partial charge in [0.1, 0.15) is 0 Å². The van der Waals surface area contributed by atoms with Gasteiger partial charge in [0.2, 0.25) is 0 Å². The molecule has 0 unspecified atom stereocenters. The minimum absolute atomic E-state index is 0.705. The summed E-state index contributed by atoms with van der Waals surface area (Å²) in [6, 6.07) is 0. The van der Waals surface area contributed by atoms with E-state index < -0.39 is 0 Å². The van der Waals surface area contributed by atoms with Gasteiger partial charge in [-0.05, 0) is 26.2 Å². The second kappa shape index (κ2) is 20.8. The van der Waals surface area contributed by atoms with Crippen molar-refractivity contribution in [1.82, 2.24) is 20.4 Å². The van der Waals surface area contributed by atoms with Gasteiger partial charge in [0, 0.05) is 52.4 Å². The molecule has 0 radical (unpaired) electrons. The molecule has 0 aromatic carbocycles. The second-order valence-corrected chi connectivity index (χ2v) is 5.13. The summed E-state index contributed by atoms with van der Waals surface area (Å²) in [5.74, 6) is 0. The van der Waals surface area contributed by atoms with Crippen LogP contribution in [-0.2, 0) is 0 Å². The molecule has 0 aliphatic carbocycles. The van der Waals surface area contributed by atoms with Gasteiger partial charge in [-0.25, -0.2) is 0 Å². The summed E-state index contributed by atoms with van der Waals surface area (Å²) < 4.78 is 0. The first-order chi connectivity index (χ1) is 10.7. The van der Waals surface area contributed by atoms with E-state index in [1.807, 2.05) is 0 Å². The van der Waals surface area contributed by atoms with E-state index in [4.69, 9.17) is 11.5 Å². The van der Waals surface area contributed by atoms with E-state index >= 15 is 0 Å². The molecule has 0 atom stereocenters. The molecule has 0 heterocycles. The lowest BCUT2D eigenvalue weighted by molar-refractivity contribution is 0.227. The lowest BCUT2D eigenvalue weighted by atomic mass is 10.4. The molecule has 0 bridgehead atoms. The summed E-state index contributed by atoms with van der Waals surface area (Å²) >= 11 is 0. The minimum Gasteiger partial charge on any atom is -0.329 e. The number of nitrogens with one attached hydrogen (secondary N) is 2. The molecule has 0 saturated heterocycles. The Morgan fingerprint density at radius 2 is 0.909 bits per heavy atom. The van der Waals surface area contributed by atoms with Crippen molar-refractivity contribution in [3.05, 3.63) is 0 Å². The lowest BCUT2D eigenvalue weighted by Gasteiger charge is -2.23. The SMILES string of the molecule is CCN(CC)CCN(CC)CC.NCCNCCNCCN. The zero-order valence-corrected chi connectivity index (χ0v) is 15.5. The van der Waals surface area contributed by atoms with Crippen LogP contribution in [-0.4, -0.2) is 88.3 Å². The molecule has 0 rings (SSSR count). The van der Waals surface area contributed by atoms with E-state index in [-0.39, 0.29) is 0 Å². The normalized spacial score (nSPS) is 10.9. The van der Waals surface area contributed by atoms with Crippen molar-refractivity contribution in [2.45, 2.75) is 27.7 Å². The van der Waals surface area contributed by atoms with Gasteiger partial charge >= 0.3 is 0 Å². The van der Waals surface area contributed by atoms with Crippen molar-refractivity contribution < 1.29 is 0 Å². The number of hydrogen-bond acceptors (Lipinski definition) is 6. The molecule has 0 amide bonds. The van der Waals surface area contributed by atoms with Crippen LogP contribution in [0.4, 0.5) is 0 Å². The molecule has 0 fully saturated rings. The van der Waals surface area contributed by atoms with Crippen LogP contribution in [0, 0.1) is 0 Å². The minimum atomic E-state index is 0.705. The van der Waals surface area contributed by atoms with E-state index in [9.17, 15) is 0 Å². The quantitative estimate of drug-likeness (QED) is 0.331. The van der Waals surface area contributed by atoms with Crippen LogP contribution in [0.15, 0.2) is 0 Å². The van der Waals surface area contributed by atoms with Gasteiger partial charge in [-0.2, -0.15) is 0 Å². The number of hydrogen-bond donors (Lipinski definition) is 4. The standard InChI is InChI=1S/C10H24N2.C6H18N4/c1-5-11(6-2)9-10-12(7-3)8-4;7-1-3-9-5-6-10-4-2-8/h5-10H2,1-4H3;9-10H,1-8H2. The van der Waals surface area contributed by atoms with Crippen LogP contribution >= 0.6 is 0 Å². The van der Waals surface area contributed by atoms with Crippen LogP contribution in [0.1, 0.15) is 27.7 Å². The fraction of sp³-hybridized carbons (Fsp3) is 1.00. The van der Waals surface area contributed by atoms with Gasteiger partial charge in [-0.1, -0.05) is 27.7 Å². The number of likely N-dealkylation sites (N-methyl/N-ethyl adjacent to an activating group) is 2. The monoisotopic (exact) mass is 318 g/mol. The zero-order chi connectivity index (χ0) is 17.1. The van der Waals surface area contributed by atoms with Gasteiger partial charge in [0.05, 0.1) is 0 Å². The Morgan fingerprint density at radius 1 is 0.591 bits per heavy atom. The van der Waals surface area contributed by atoms with Crippen LogP contribution in [0.3, 0.4) is 0 Å². The highest BCUT2D eigenvalue weighted by molar-refractivity contribution is 4.58. The van der Waals surface area contributed by atoms with E-state index in [0.717, 1.165) is 26.2 Å². The van der Waals surface area contributed by atoms with Crippen molar-refractivity contribution in [1.29, 1.82) is 0 Å². The summed E-state index contributed by atoms with van der Waals surface area (Å²) in [5, 5.41) is 6.33. The maximum Gasteiger partial charge on any atom is 0.0109 e. The maximum absolute atomic E-state index is 5.27. The third kappa shape index (κ3) is 17.8. The molecule has 0 aromatic heterocycles. The number of nitrogens with two attached hydrogens (primary N) is 2. The average molecular weight is 319 g/mol. The molecule has 0 spiro atoms. The molecule has 136 valence electrons. The second-order valence-electron chi connectivity index (χ2n) is 5.13. The fourth-order valence-corrected chi connectivity index (χ4v) is 1.99. The maximum atomic E-state index is 5.27. The molecular weight excluding hydrogens is 276 g/mol. The van der Waals surface area contributed by atoms with Gasteiger partial charge in [0.25, 0.3) is 0 Å². The largest absolute Gasteiger partial charge is 0.329 e. The smallest absolute Gasteiger partial charge is 0.0109 e. The first kappa shape index (κ1) is 24.0. The summed E-state index contributed by atoms with van der Waals surface area (Å²) in [6.45, 7) is 21.2. The van der Waals surface area contributed by atoms with Gasteiger partial charge in [0.15, 0.2) is 0 Å².